The Kier molecular flexibility index (Phi) is 6.05. The Labute approximate surface area is 137 Å². The molecule has 0 bridgehead atoms. The van der Waals surface area contributed by atoms with E-state index >= 15 is 0 Å². The molecule has 24 heavy (non-hydrogen) atoms. The zero-order valence-corrected chi connectivity index (χ0v) is 14.3. The van der Waals surface area contributed by atoms with E-state index in [9.17, 15) is 8.96 Å². The molecule has 2 aromatic rings. The number of imidazole rings is 1. The third-order valence-corrected chi connectivity index (χ3v) is 4.84. The highest BCUT2D eigenvalue weighted by Gasteiger charge is 2.36. The Morgan fingerprint density at radius 2 is 1.96 bits per heavy atom. The van der Waals surface area contributed by atoms with Crippen LogP contribution in [0.1, 0.15) is 13.8 Å². The number of ether oxygens (including phenoxy) is 1. The number of rotatable bonds is 9. The van der Waals surface area contributed by atoms with E-state index in [0.29, 0.717) is 11.2 Å². The minimum Gasteiger partial charge on any atom is -0.382 e. The monoisotopic (exact) mass is 362 g/mol. The van der Waals surface area contributed by atoms with Crippen LogP contribution in [0.4, 0.5) is 16.2 Å². The summed E-state index contributed by atoms with van der Waals surface area (Å²) in [6, 6.07) is 0. The minimum atomic E-state index is -3.96. The van der Waals surface area contributed by atoms with Crippen LogP contribution in [0.3, 0.4) is 0 Å². The maximum atomic E-state index is 14.1. The Hall–Kier alpha value is -1.81. The van der Waals surface area contributed by atoms with Crippen LogP contribution in [0.2, 0.25) is 0 Å². The number of anilines is 2. The van der Waals surface area contributed by atoms with Gasteiger partial charge in [0, 0.05) is 6.54 Å². The Balaban J connectivity index is 2.02. The average Bonchev–Trinajstić information content (AvgIpc) is 2.91. The standard InChI is InChI=1S/C12H20FN6O4P/c1-3-22-24(20,23-4-2)11(13)21-6-5-19-7-16-8-9(14)17-12(15)18-10(8)19/h7,11H,3-6H2,1-2H3,(H4,14,15,17,18). The quantitative estimate of drug-likeness (QED) is 0.635. The third-order valence-electron chi connectivity index (χ3n) is 2.96. The van der Waals surface area contributed by atoms with Gasteiger partial charge in [0.05, 0.1) is 26.1 Å². The molecule has 2 rings (SSSR count). The predicted molar refractivity (Wildman–Crippen MR) is 85.9 cm³/mol. The number of hydrogen-bond donors (Lipinski definition) is 2. The van der Waals surface area contributed by atoms with Crippen molar-refractivity contribution in [3.8, 4) is 0 Å². The number of nitrogen functional groups attached to an aromatic ring is 2. The second-order valence-electron chi connectivity index (χ2n) is 4.62. The van der Waals surface area contributed by atoms with Crippen molar-refractivity contribution in [1.82, 2.24) is 19.5 Å². The molecule has 0 fully saturated rings. The summed E-state index contributed by atoms with van der Waals surface area (Å²) in [5, 5.41) is 0. The van der Waals surface area contributed by atoms with E-state index in [-0.39, 0.29) is 38.1 Å². The molecule has 0 aliphatic rings. The van der Waals surface area contributed by atoms with Crippen LogP contribution in [-0.2, 0) is 24.9 Å². The minimum absolute atomic E-state index is 0.00299. The summed E-state index contributed by atoms with van der Waals surface area (Å²) in [4.78, 5) is 11.9. The lowest BCUT2D eigenvalue weighted by Crippen LogP contribution is -2.16. The van der Waals surface area contributed by atoms with Gasteiger partial charge in [0.1, 0.15) is 5.52 Å². The van der Waals surface area contributed by atoms with Crippen molar-refractivity contribution in [2.75, 3.05) is 31.3 Å². The van der Waals surface area contributed by atoms with Gasteiger partial charge in [0.25, 0.3) is 0 Å². The van der Waals surface area contributed by atoms with Crippen molar-refractivity contribution in [2.24, 2.45) is 0 Å². The van der Waals surface area contributed by atoms with Crippen LogP contribution in [-0.4, -0.2) is 45.4 Å². The third kappa shape index (κ3) is 3.99. The van der Waals surface area contributed by atoms with E-state index in [4.69, 9.17) is 25.3 Å². The molecule has 0 amide bonds. The molecule has 12 heteroatoms. The number of hydrogen-bond acceptors (Lipinski definition) is 9. The lowest BCUT2D eigenvalue weighted by molar-refractivity contribution is -0.00917. The fourth-order valence-electron chi connectivity index (χ4n) is 2.00. The molecular formula is C12H20FN6O4P. The molecule has 1 atom stereocenters. The first kappa shape index (κ1) is 18.5. The first-order valence-electron chi connectivity index (χ1n) is 7.29. The molecule has 0 aliphatic carbocycles. The first-order chi connectivity index (χ1) is 11.4. The molecule has 0 spiro atoms. The van der Waals surface area contributed by atoms with Crippen molar-refractivity contribution in [2.45, 2.75) is 26.5 Å². The summed E-state index contributed by atoms with van der Waals surface area (Å²) in [7, 11) is -3.96. The molecule has 134 valence electrons. The van der Waals surface area contributed by atoms with E-state index in [1.165, 1.54) is 6.33 Å². The van der Waals surface area contributed by atoms with Gasteiger partial charge < -0.3 is 29.8 Å². The van der Waals surface area contributed by atoms with Crippen LogP contribution in [0.5, 0.6) is 0 Å². The van der Waals surface area contributed by atoms with Gasteiger partial charge in [-0.05, 0) is 13.8 Å². The summed E-state index contributed by atoms with van der Waals surface area (Å²) in [6.07, 6.45) is -0.729. The molecule has 1 unspecified atom stereocenters. The van der Waals surface area contributed by atoms with Gasteiger partial charge in [-0.1, -0.05) is 0 Å². The number of halogens is 1. The summed E-state index contributed by atoms with van der Waals surface area (Å²) < 4.78 is 42.6. The lowest BCUT2D eigenvalue weighted by Gasteiger charge is -2.20. The molecule has 0 saturated heterocycles. The van der Waals surface area contributed by atoms with Crippen molar-refractivity contribution < 1.29 is 22.7 Å². The van der Waals surface area contributed by atoms with E-state index < -0.39 is 13.7 Å². The van der Waals surface area contributed by atoms with E-state index in [0.717, 1.165) is 0 Å². The number of alkyl halides is 1. The predicted octanol–water partition coefficient (Wildman–Crippen LogP) is 1.53. The van der Waals surface area contributed by atoms with Crippen molar-refractivity contribution >= 4 is 30.5 Å². The zero-order valence-electron chi connectivity index (χ0n) is 13.4. The van der Waals surface area contributed by atoms with Gasteiger partial charge in [-0.3, -0.25) is 4.57 Å². The molecule has 0 radical (unpaired) electrons. The summed E-state index contributed by atoms with van der Waals surface area (Å²) >= 11 is 0. The average molecular weight is 362 g/mol. The van der Waals surface area contributed by atoms with Crippen LogP contribution >= 0.6 is 7.60 Å². The Bertz CT molecular complexity index is 732. The fraction of sp³-hybridized carbons (Fsp3) is 0.583. The second-order valence-corrected chi connectivity index (χ2v) is 6.62. The molecular weight excluding hydrogens is 342 g/mol. The lowest BCUT2D eigenvalue weighted by atomic mass is 10.5. The number of nitrogens with zero attached hydrogens (tertiary/aromatic N) is 4. The maximum Gasteiger partial charge on any atom is 0.391 e. The van der Waals surface area contributed by atoms with Gasteiger partial charge in [0.2, 0.25) is 5.95 Å². The van der Waals surface area contributed by atoms with E-state index in [1.807, 2.05) is 0 Å². The largest absolute Gasteiger partial charge is 0.391 e. The number of nitrogens with two attached hydrogens (primary N) is 2. The summed E-state index contributed by atoms with van der Waals surface area (Å²) in [5.41, 5.74) is 12.0. The highest BCUT2D eigenvalue weighted by Crippen LogP contribution is 2.54. The van der Waals surface area contributed by atoms with Gasteiger partial charge in [-0.25, -0.2) is 9.37 Å². The van der Waals surface area contributed by atoms with Gasteiger partial charge in [0.15, 0.2) is 11.5 Å². The molecule has 2 aromatic heterocycles. The van der Waals surface area contributed by atoms with Crippen molar-refractivity contribution in [3.05, 3.63) is 6.33 Å². The van der Waals surface area contributed by atoms with Crippen molar-refractivity contribution in [1.29, 1.82) is 0 Å². The smallest absolute Gasteiger partial charge is 0.382 e. The van der Waals surface area contributed by atoms with Crippen LogP contribution in [0, 0.1) is 0 Å². The molecule has 0 saturated carbocycles. The van der Waals surface area contributed by atoms with Gasteiger partial charge >= 0.3 is 13.7 Å². The SMILES string of the molecule is CCOP(=O)(OCC)C(F)OCCn1cnc2c(N)nc(N)nc21. The van der Waals surface area contributed by atoms with Crippen LogP contribution in [0.25, 0.3) is 11.2 Å². The summed E-state index contributed by atoms with van der Waals surface area (Å²) in [5.74, 6) is 0.154. The highest BCUT2D eigenvalue weighted by molar-refractivity contribution is 7.54. The highest BCUT2D eigenvalue weighted by atomic mass is 31.2. The number of fused-ring (bicyclic) bond motifs is 1. The van der Waals surface area contributed by atoms with E-state index in [2.05, 4.69) is 15.0 Å². The second kappa shape index (κ2) is 7.84. The van der Waals surface area contributed by atoms with Crippen LogP contribution < -0.4 is 11.5 Å². The first-order valence-corrected chi connectivity index (χ1v) is 8.90. The Morgan fingerprint density at radius 3 is 2.58 bits per heavy atom. The topological polar surface area (TPSA) is 140 Å². The fourth-order valence-corrected chi connectivity index (χ4v) is 3.32. The molecule has 2 heterocycles. The van der Waals surface area contributed by atoms with Crippen molar-refractivity contribution in [3.63, 3.8) is 0 Å². The zero-order chi connectivity index (χ0) is 17.7. The summed E-state index contributed by atoms with van der Waals surface area (Å²) in [6.45, 7) is 3.34. The molecule has 0 aromatic carbocycles. The van der Waals surface area contributed by atoms with Crippen LogP contribution in [0.15, 0.2) is 6.33 Å². The molecule has 0 aliphatic heterocycles. The molecule has 10 nitrogen and oxygen atoms in total. The van der Waals surface area contributed by atoms with Gasteiger partial charge in [-0.15, -0.1) is 0 Å². The Morgan fingerprint density at radius 1 is 1.29 bits per heavy atom. The normalized spacial score (nSPS) is 13.5. The number of aromatic nitrogens is 4. The van der Waals surface area contributed by atoms with E-state index in [1.54, 1.807) is 18.4 Å². The maximum absolute atomic E-state index is 14.1. The van der Waals surface area contributed by atoms with Gasteiger partial charge in [-0.2, -0.15) is 9.97 Å². The molecule has 4 N–H and O–H groups in total.